The molecule has 72 heavy (non-hydrogen) atoms. The summed E-state index contributed by atoms with van der Waals surface area (Å²) in [5.41, 5.74) is 21.1. The molecule has 2 aliphatic carbocycles. The molecule has 14 rings (SSSR count). The van der Waals surface area contributed by atoms with E-state index in [1.54, 1.807) is 0 Å². The van der Waals surface area contributed by atoms with Gasteiger partial charge in [-0.3, -0.25) is 0 Å². The fraction of sp³-hybridized carbons (Fsp3) is 0.0725. The largest absolute Gasteiger partial charge is 0.310 e. The van der Waals surface area contributed by atoms with Crippen molar-refractivity contribution in [3.8, 4) is 33.5 Å². The van der Waals surface area contributed by atoms with Gasteiger partial charge in [-0.25, -0.2) is 0 Å². The highest BCUT2D eigenvalue weighted by molar-refractivity contribution is 6.00. The number of hydrogen-bond donors (Lipinski definition) is 0. The van der Waals surface area contributed by atoms with Gasteiger partial charge in [-0.2, -0.15) is 0 Å². The molecule has 11 aromatic rings. The Hall–Kier alpha value is -8.92. The van der Waals surface area contributed by atoms with Crippen LogP contribution in [-0.4, -0.2) is 0 Å². The van der Waals surface area contributed by atoms with Gasteiger partial charge in [-0.05, 0) is 119 Å². The van der Waals surface area contributed by atoms with Crippen molar-refractivity contribution >= 4 is 33.4 Å². The van der Waals surface area contributed by atoms with Gasteiger partial charge in [-0.1, -0.05) is 226 Å². The lowest BCUT2D eigenvalue weighted by molar-refractivity contribution is -0.546. The molecule has 0 saturated carbocycles. The molecule has 10 aromatic carbocycles. The van der Waals surface area contributed by atoms with Gasteiger partial charge < -0.3 is 4.90 Å². The number of nitrogens with zero attached hydrogens (tertiary/aromatic N) is 3. The Bertz CT molecular complexity index is 4010. The topological polar surface area (TPSA) is 21.5 Å². The summed E-state index contributed by atoms with van der Waals surface area (Å²) in [5.74, 6) is 0. The molecule has 0 radical (unpaired) electrons. The second-order valence-electron chi connectivity index (χ2n) is 20.0. The normalized spacial score (nSPS) is 15.2. The summed E-state index contributed by atoms with van der Waals surface area (Å²) in [6.07, 6.45) is 0. The lowest BCUT2D eigenvalue weighted by atomic mass is 9.68. The van der Waals surface area contributed by atoms with E-state index in [-0.39, 0.29) is 11.5 Å². The highest BCUT2D eigenvalue weighted by atomic mass is 15.2. The molecule has 2 heterocycles. The summed E-state index contributed by atoms with van der Waals surface area (Å²) < 4.78 is 2.24. The third-order valence-corrected chi connectivity index (χ3v) is 15.8. The van der Waals surface area contributed by atoms with Gasteiger partial charge >= 0.3 is 0 Å². The SMILES string of the molecule is CC1(C)c2ccccc2-c2ccc(N(c3ccc4cc(-c5ccccc5)[n+]5c(c4c3)=C(c3ccccc3)C(c3ccccc3)N=5)c3cccc4c3-c3ccccc3C4(c3ccccc3)c3ccccc3)cc21. The van der Waals surface area contributed by atoms with Crippen molar-refractivity contribution in [1.82, 2.24) is 0 Å². The maximum absolute atomic E-state index is 5.68. The van der Waals surface area contributed by atoms with Gasteiger partial charge in [0.25, 0.3) is 5.35 Å². The van der Waals surface area contributed by atoms with Gasteiger partial charge in [0.15, 0.2) is 6.04 Å². The summed E-state index contributed by atoms with van der Waals surface area (Å²) in [6, 6.07) is 96.1. The standard InChI is InChI=1S/C69H50N3/c1-68(2)58-35-20-18-33-54(58)55-42-41-53(45-61(55)68)71(62-38-22-37-60-65(62)56-34-19-21-36-59(56)69(60,50-29-14-6-15-30-50)51-31-16-7-17-32-51)52-40-39-49-43-63(46-23-8-3-9-24-46)72-67(57(49)44-52)64(47-25-10-4-11-26-47)66(70-72)48-27-12-5-13-28-48/h3-45,66H,1-2H3/q+1. The summed E-state index contributed by atoms with van der Waals surface area (Å²) in [7, 11) is 0. The lowest BCUT2D eigenvalue weighted by Crippen LogP contribution is -2.38. The first-order chi connectivity index (χ1) is 35.5. The van der Waals surface area contributed by atoms with Crippen molar-refractivity contribution in [3.63, 3.8) is 0 Å². The van der Waals surface area contributed by atoms with Crippen molar-refractivity contribution < 1.29 is 4.36 Å². The summed E-state index contributed by atoms with van der Waals surface area (Å²) in [6.45, 7) is 4.76. The molecule has 1 aliphatic heterocycles. The number of hydrogen-bond acceptors (Lipinski definition) is 2. The zero-order valence-corrected chi connectivity index (χ0v) is 40.2. The molecule has 0 saturated heterocycles. The van der Waals surface area contributed by atoms with E-state index in [0.717, 1.165) is 55.6 Å². The van der Waals surface area contributed by atoms with Crippen LogP contribution in [-0.2, 0) is 10.8 Å². The van der Waals surface area contributed by atoms with E-state index < -0.39 is 5.41 Å². The predicted octanol–water partition coefficient (Wildman–Crippen LogP) is 15.9. The van der Waals surface area contributed by atoms with Gasteiger partial charge in [0.05, 0.1) is 22.1 Å². The quantitative estimate of drug-likeness (QED) is 0.139. The Kier molecular flexibility index (Phi) is 9.53. The smallest absolute Gasteiger partial charge is 0.252 e. The molecular weight excluding hydrogens is 871 g/mol. The maximum atomic E-state index is 5.68. The average Bonchev–Trinajstić information content (AvgIpc) is 4.07. The van der Waals surface area contributed by atoms with Crippen LogP contribution in [0.3, 0.4) is 0 Å². The number of fused-ring (bicyclic) bond motifs is 9. The first-order valence-corrected chi connectivity index (χ1v) is 25.2. The Morgan fingerprint density at radius 2 is 0.972 bits per heavy atom. The van der Waals surface area contributed by atoms with Crippen LogP contribution in [0.15, 0.2) is 266 Å². The first kappa shape index (κ1) is 42.0. The lowest BCUT2D eigenvalue weighted by Gasteiger charge is -2.34. The molecule has 0 fully saturated rings. The Balaban J connectivity index is 1.09. The molecular formula is C69H50N3+. The summed E-state index contributed by atoms with van der Waals surface area (Å²) in [5, 5.41) is 9.09. The van der Waals surface area contributed by atoms with Gasteiger partial charge in [-0.15, -0.1) is 0 Å². The zero-order valence-electron chi connectivity index (χ0n) is 40.2. The van der Waals surface area contributed by atoms with E-state index in [9.17, 15) is 0 Å². The number of pyridine rings is 1. The van der Waals surface area contributed by atoms with Crippen molar-refractivity contribution in [2.75, 3.05) is 4.90 Å². The fourth-order valence-corrected chi connectivity index (χ4v) is 12.7. The molecule has 3 nitrogen and oxygen atoms in total. The molecule has 340 valence electrons. The predicted molar refractivity (Wildman–Crippen MR) is 295 cm³/mol. The second kappa shape index (κ2) is 16.3. The van der Waals surface area contributed by atoms with Crippen LogP contribution in [0, 0.1) is 0 Å². The third kappa shape index (κ3) is 6.17. The van der Waals surface area contributed by atoms with Crippen LogP contribution in [0.1, 0.15) is 64.4 Å². The fourth-order valence-electron chi connectivity index (χ4n) is 12.7. The third-order valence-electron chi connectivity index (χ3n) is 15.8. The van der Waals surface area contributed by atoms with E-state index in [1.165, 1.54) is 61.2 Å². The van der Waals surface area contributed by atoms with Crippen molar-refractivity contribution in [2.24, 2.45) is 5.11 Å². The van der Waals surface area contributed by atoms with E-state index in [0.29, 0.717) is 0 Å². The molecule has 3 aliphatic rings. The van der Waals surface area contributed by atoms with Gasteiger partial charge in [0, 0.05) is 34.0 Å². The number of aromatic nitrogens is 1. The molecule has 0 spiro atoms. The van der Waals surface area contributed by atoms with E-state index in [1.807, 2.05) is 0 Å². The summed E-state index contributed by atoms with van der Waals surface area (Å²) in [4.78, 5) is 2.55. The zero-order chi connectivity index (χ0) is 48.0. The second-order valence-corrected chi connectivity index (χ2v) is 20.0. The van der Waals surface area contributed by atoms with Crippen LogP contribution in [0.25, 0.3) is 49.9 Å². The van der Waals surface area contributed by atoms with Crippen molar-refractivity contribution in [3.05, 3.63) is 311 Å². The van der Waals surface area contributed by atoms with Gasteiger partial charge in [0.2, 0.25) is 5.69 Å². The Labute approximate surface area is 420 Å². The highest BCUT2D eigenvalue weighted by Gasteiger charge is 2.47. The average molecular weight is 921 g/mol. The maximum Gasteiger partial charge on any atom is 0.252 e. The monoisotopic (exact) mass is 920 g/mol. The van der Waals surface area contributed by atoms with Crippen LogP contribution < -0.4 is 14.6 Å². The molecule has 1 atom stereocenters. The minimum atomic E-state index is -0.556. The highest BCUT2D eigenvalue weighted by Crippen LogP contribution is 2.60. The van der Waals surface area contributed by atoms with E-state index in [2.05, 4.69) is 284 Å². The van der Waals surface area contributed by atoms with E-state index >= 15 is 0 Å². The minimum absolute atomic E-state index is 0.198. The van der Waals surface area contributed by atoms with Crippen LogP contribution in [0.5, 0.6) is 0 Å². The van der Waals surface area contributed by atoms with Crippen molar-refractivity contribution in [2.45, 2.75) is 30.7 Å². The van der Waals surface area contributed by atoms with Crippen LogP contribution in [0.2, 0.25) is 0 Å². The number of rotatable bonds is 8. The van der Waals surface area contributed by atoms with Crippen molar-refractivity contribution in [1.29, 1.82) is 0 Å². The molecule has 0 amide bonds. The van der Waals surface area contributed by atoms with Gasteiger partial charge in [0.1, 0.15) is 0 Å². The molecule has 1 aromatic heterocycles. The molecule has 1 unspecified atom stereocenters. The van der Waals surface area contributed by atoms with E-state index in [4.69, 9.17) is 5.11 Å². The Morgan fingerprint density at radius 1 is 0.431 bits per heavy atom. The number of benzene rings is 10. The Morgan fingerprint density at radius 3 is 1.67 bits per heavy atom. The number of anilines is 3. The molecule has 0 bridgehead atoms. The molecule has 3 heteroatoms. The summed E-state index contributed by atoms with van der Waals surface area (Å²) >= 11 is 0. The minimum Gasteiger partial charge on any atom is -0.310 e. The van der Waals surface area contributed by atoms with Crippen LogP contribution in [0.4, 0.5) is 17.1 Å². The molecule has 0 N–H and O–H groups in total. The van der Waals surface area contributed by atoms with Crippen LogP contribution >= 0.6 is 0 Å². The first-order valence-electron chi connectivity index (χ1n) is 25.2.